The maximum Gasteiger partial charge on any atom is 0.193 e. The minimum absolute atomic E-state index is 0.151. The summed E-state index contributed by atoms with van der Waals surface area (Å²) in [7, 11) is -3.68. The Labute approximate surface area is 190 Å². The van der Waals surface area contributed by atoms with Crippen LogP contribution in [-0.2, 0) is 14.6 Å². The quantitative estimate of drug-likeness (QED) is 0.374. The first kappa shape index (κ1) is 25.5. The van der Waals surface area contributed by atoms with Gasteiger partial charge >= 0.3 is 0 Å². The second kappa shape index (κ2) is 9.41. The van der Waals surface area contributed by atoms with E-state index in [4.69, 9.17) is 8.85 Å². The van der Waals surface area contributed by atoms with E-state index in [2.05, 4.69) is 98.1 Å². The van der Waals surface area contributed by atoms with Gasteiger partial charge in [0.2, 0.25) is 0 Å². The topological polar surface area (TPSA) is 18.5 Å². The van der Waals surface area contributed by atoms with E-state index in [0.717, 1.165) is 12.2 Å². The zero-order valence-corrected chi connectivity index (χ0v) is 23.8. The molecule has 2 rings (SSSR count). The molecule has 0 radical (unpaired) electrons. The van der Waals surface area contributed by atoms with Crippen molar-refractivity contribution in [1.82, 2.24) is 0 Å². The number of rotatable bonds is 7. The van der Waals surface area contributed by atoms with E-state index in [9.17, 15) is 0 Å². The fourth-order valence-electron chi connectivity index (χ4n) is 2.69. The molecule has 1 aromatic carbocycles. The summed E-state index contributed by atoms with van der Waals surface area (Å²) in [6, 6.07) is 10.8. The third-order valence-electron chi connectivity index (χ3n) is 6.76. The van der Waals surface area contributed by atoms with Gasteiger partial charge < -0.3 is 8.85 Å². The van der Waals surface area contributed by atoms with Crippen molar-refractivity contribution in [3.05, 3.63) is 35.9 Å². The van der Waals surface area contributed by atoms with Crippen LogP contribution in [0.4, 0.5) is 0 Å². The molecule has 2 nitrogen and oxygen atoms in total. The predicted octanol–water partition coefficient (Wildman–Crippen LogP) is 8.12. The van der Waals surface area contributed by atoms with Crippen molar-refractivity contribution >= 4 is 40.2 Å². The van der Waals surface area contributed by atoms with Crippen LogP contribution in [0.1, 0.15) is 53.5 Å². The lowest BCUT2D eigenvalue weighted by Crippen LogP contribution is -2.49. The summed E-state index contributed by atoms with van der Waals surface area (Å²) in [5.74, 6) is 1.05. The molecule has 1 aromatic rings. The lowest BCUT2D eigenvalue weighted by atomic mass is 10.2. The van der Waals surface area contributed by atoms with Gasteiger partial charge in [0.1, 0.15) is 5.44 Å². The van der Waals surface area contributed by atoms with E-state index in [1.807, 2.05) is 23.5 Å². The number of hydrogen-bond acceptors (Lipinski definition) is 4. The van der Waals surface area contributed by atoms with Gasteiger partial charge in [-0.15, -0.1) is 23.5 Å². The lowest BCUT2D eigenvalue weighted by Gasteiger charge is -2.42. The molecule has 29 heavy (non-hydrogen) atoms. The van der Waals surface area contributed by atoms with Crippen LogP contribution in [0.25, 0.3) is 0 Å². The first-order valence-corrected chi connectivity index (χ1v) is 18.6. The fourth-order valence-corrected chi connectivity index (χ4v) is 8.84. The minimum atomic E-state index is -1.84. The van der Waals surface area contributed by atoms with Gasteiger partial charge in [0.25, 0.3) is 0 Å². The number of thioether (sulfide) groups is 2. The van der Waals surface area contributed by atoms with Crippen molar-refractivity contribution in [2.45, 2.75) is 106 Å². The highest BCUT2D eigenvalue weighted by Crippen LogP contribution is 2.49. The maximum absolute atomic E-state index is 6.92. The third-order valence-corrected chi connectivity index (χ3v) is 18.9. The molecule has 3 atom stereocenters. The van der Waals surface area contributed by atoms with Crippen LogP contribution < -0.4 is 0 Å². The average Bonchev–Trinajstić information content (AvgIpc) is 2.92. The molecule has 0 aromatic heterocycles. The molecule has 0 bridgehead atoms. The molecule has 1 aliphatic heterocycles. The molecule has 0 N–H and O–H groups in total. The van der Waals surface area contributed by atoms with Gasteiger partial charge in [-0.25, -0.2) is 0 Å². The van der Waals surface area contributed by atoms with Crippen LogP contribution in [0.2, 0.25) is 36.3 Å². The van der Waals surface area contributed by atoms with Crippen LogP contribution in [0.5, 0.6) is 0 Å². The van der Waals surface area contributed by atoms with Gasteiger partial charge in [-0.05, 0) is 48.2 Å². The maximum atomic E-state index is 6.92. The van der Waals surface area contributed by atoms with Crippen LogP contribution in [0.15, 0.2) is 30.3 Å². The highest BCUT2D eigenvalue weighted by Gasteiger charge is 2.48. The number of hydrogen-bond donors (Lipinski definition) is 0. The lowest BCUT2D eigenvalue weighted by molar-refractivity contribution is 0.0925. The molecule has 166 valence electrons. The summed E-state index contributed by atoms with van der Waals surface area (Å²) < 4.78 is 14.3. The largest absolute Gasteiger partial charge is 0.410 e. The second-order valence-electron chi connectivity index (χ2n) is 11.3. The van der Waals surface area contributed by atoms with Gasteiger partial charge in [0.15, 0.2) is 16.6 Å². The van der Waals surface area contributed by atoms with Gasteiger partial charge in [-0.3, -0.25) is 0 Å². The summed E-state index contributed by atoms with van der Waals surface area (Å²) in [5, 5.41) is 0.429. The normalized spacial score (nSPS) is 24.1. The summed E-state index contributed by atoms with van der Waals surface area (Å²) in [6.45, 7) is 23.4. The summed E-state index contributed by atoms with van der Waals surface area (Å²) >= 11 is 4.05. The van der Waals surface area contributed by atoms with Crippen LogP contribution in [0.3, 0.4) is 0 Å². The van der Waals surface area contributed by atoms with E-state index >= 15 is 0 Å². The molecular weight excluding hydrogens is 429 g/mol. The molecule has 1 heterocycles. The smallest absolute Gasteiger partial charge is 0.193 e. The highest BCUT2D eigenvalue weighted by atomic mass is 32.2. The highest BCUT2D eigenvalue weighted by molar-refractivity contribution is 8.17. The van der Waals surface area contributed by atoms with E-state index in [0.29, 0.717) is 4.58 Å². The molecule has 0 spiro atoms. The summed E-state index contributed by atoms with van der Waals surface area (Å²) in [6.07, 6.45) is 1.27. The zero-order valence-electron chi connectivity index (χ0n) is 20.2. The van der Waals surface area contributed by atoms with Crippen molar-refractivity contribution in [1.29, 1.82) is 0 Å². The Kier molecular flexibility index (Phi) is 8.29. The first-order chi connectivity index (χ1) is 13.1. The van der Waals surface area contributed by atoms with E-state index in [1.54, 1.807) is 0 Å². The van der Waals surface area contributed by atoms with Crippen LogP contribution >= 0.6 is 23.5 Å². The molecule has 6 heteroatoms. The molecule has 1 aliphatic rings. The summed E-state index contributed by atoms with van der Waals surface area (Å²) in [4.78, 5) is 0. The Balaban J connectivity index is 2.13. The van der Waals surface area contributed by atoms with Crippen molar-refractivity contribution in [3.63, 3.8) is 0 Å². The van der Waals surface area contributed by atoms with Crippen LogP contribution in [0, 0.1) is 0 Å². The SMILES string of the molecule is CC(C)(C)[Si](C)(C)O[C@H]1CC(SCc2ccccc2)S[C@@H]1O[Si](C)(C)C(C)(C)C. The van der Waals surface area contributed by atoms with E-state index in [-0.39, 0.29) is 21.6 Å². The van der Waals surface area contributed by atoms with E-state index in [1.165, 1.54) is 5.56 Å². The van der Waals surface area contributed by atoms with E-state index < -0.39 is 16.6 Å². The molecule has 0 saturated carbocycles. The zero-order chi connectivity index (χ0) is 22.1. The van der Waals surface area contributed by atoms with Gasteiger partial charge in [-0.1, -0.05) is 71.9 Å². The van der Waals surface area contributed by atoms with Gasteiger partial charge in [0.05, 0.1) is 10.7 Å². The van der Waals surface area contributed by atoms with Crippen molar-refractivity contribution in [3.8, 4) is 0 Å². The summed E-state index contributed by atoms with van der Waals surface area (Å²) in [5.41, 5.74) is 1.55. The van der Waals surface area contributed by atoms with Crippen molar-refractivity contribution in [2.75, 3.05) is 0 Å². The molecule has 0 aliphatic carbocycles. The molecule has 1 unspecified atom stereocenters. The molecular formula is C23H42O2S2Si2. The van der Waals surface area contributed by atoms with Crippen LogP contribution in [-0.4, -0.2) is 32.8 Å². The monoisotopic (exact) mass is 470 g/mol. The average molecular weight is 471 g/mol. The Bertz CT molecular complexity index is 615. The molecule has 1 fully saturated rings. The standard InChI is InChI=1S/C23H42O2S2Si2/c1-22(2,3)28(7,8)24-19-16-20(26-17-18-14-12-11-13-15-18)27-21(19)25-29(9,10)23(4,5)6/h11-15,19-21H,16-17H2,1-10H3/t19-,20?,21-/m0/s1. The first-order valence-electron chi connectivity index (χ1n) is 10.8. The van der Waals surface area contributed by atoms with Crippen molar-refractivity contribution < 1.29 is 8.85 Å². The number of benzene rings is 1. The Morgan fingerprint density at radius 1 is 0.897 bits per heavy atom. The predicted molar refractivity (Wildman–Crippen MR) is 138 cm³/mol. The Morgan fingerprint density at radius 2 is 1.41 bits per heavy atom. The van der Waals surface area contributed by atoms with Gasteiger partial charge in [0, 0.05) is 5.75 Å². The second-order valence-corrected chi connectivity index (χ2v) is 23.6. The molecule has 1 saturated heterocycles. The minimum Gasteiger partial charge on any atom is -0.410 e. The van der Waals surface area contributed by atoms with Gasteiger partial charge in [-0.2, -0.15) is 0 Å². The third kappa shape index (κ3) is 6.88. The molecule has 0 amide bonds. The Hall–Kier alpha value is 0.274. The fraction of sp³-hybridized carbons (Fsp3) is 0.739. The Morgan fingerprint density at radius 3 is 1.93 bits per heavy atom. The van der Waals surface area contributed by atoms with Crippen molar-refractivity contribution in [2.24, 2.45) is 0 Å².